The van der Waals surface area contributed by atoms with Crippen molar-refractivity contribution in [2.45, 2.75) is 44.6 Å². The predicted octanol–water partition coefficient (Wildman–Crippen LogP) is 2.45. The maximum absolute atomic E-state index is 12.9. The summed E-state index contributed by atoms with van der Waals surface area (Å²) in [6, 6.07) is 9.75. The van der Waals surface area contributed by atoms with Crippen molar-refractivity contribution < 1.29 is 14.7 Å². The third-order valence-corrected chi connectivity index (χ3v) is 4.57. The molecule has 1 aromatic heterocycles. The Kier molecular flexibility index (Phi) is 7.68. The quantitative estimate of drug-likeness (QED) is 0.370. The highest BCUT2D eigenvalue weighted by Crippen LogP contribution is 2.22. The van der Waals surface area contributed by atoms with Gasteiger partial charge in [0.25, 0.3) is 0 Å². The van der Waals surface area contributed by atoms with E-state index in [0.29, 0.717) is 18.4 Å². The number of amidine groups is 1. The summed E-state index contributed by atoms with van der Waals surface area (Å²) < 4.78 is 0. The van der Waals surface area contributed by atoms with E-state index in [1.54, 1.807) is 30.6 Å². The van der Waals surface area contributed by atoms with Crippen molar-refractivity contribution in [2.75, 3.05) is 0 Å². The maximum Gasteiger partial charge on any atom is 0.326 e. The Balaban J connectivity index is 2.22. The van der Waals surface area contributed by atoms with E-state index in [1.165, 1.54) is 0 Å². The number of carboxylic acids is 1. The minimum atomic E-state index is -1.03. The summed E-state index contributed by atoms with van der Waals surface area (Å²) in [6.45, 7) is 1.98. The van der Waals surface area contributed by atoms with E-state index in [4.69, 9.17) is 11.1 Å². The molecular formula is C21H26N4O3. The Bertz CT molecular complexity index is 806. The van der Waals surface area contributed by atoms with Crippen molar-refractivity contribution in [1.82, 2.24) is 10.3 Å². The molecule has 7 nitrogen and oxygen atoms in total. The Morgan fingerprint density at radius 3 is 2.50 bits per heavy atom. The van der Waals surface area contributed by atoms with Gasteiger partial charge in [0.1, 0.15) is 11.9 Å². The zero-order chi connectivity index (χ0) is 20.5. The standard InChI is InChI=1S/C21H26N4O3/c1-2-3-6-18(21(27)28)25-20(26)17(16-5-4-11-24-13-16)12-14-7-9-15(10-8-14)19(22)23/h4-5,7-11,13,17-18H,2-3,6,12H2,1H3,(H3,22,23)(H,25,26)(H,27,28)/t17-,18+/m1/s1. The first kappa shape index (κ1) is 21.1. The van der Waals surface area contributed by atoms with Gasteiger partial charge < -0.3 is 16.2 Å². The fourth-order valence-electron chi connectivity index (χ4n) is 2.94. The van der Waals surface area contributed by atoms with Crippen LogP contribution in [0.1, 0.15) is 48.8 Å². The molecule has 1 aromatic carbocycles. The number of benzene rings is 1. The highest BCUT2D eigenvalue weighted by atomic mass is 16.4. The molecule has 0 aliphatic rings. The van der Waals surface area contributed by atoms with E-state index in [1.807, 2.05) is 25.1 Å². The van der Waals surface area contributed by atoms with E-state index < -0.39 is 17.9 Å². The first-order valence-electron chi connectivity index (χ1n) is 9.28. The lowest BCUT2D eigenvalue weighted by atomic mass is 9.91. The van der Waals surface area contributed by atoms with Crippen LogP contribution in [-0.2, 0) is 16.0 Å². The van der Waals surface area contributed by atoms with Crippen molar-refractivity contribution in [3.8, 4) is 0 Å². The number of aromatic nitrogens is 1. The van der Waals surface area contributed by atoms with Gasteiger partial charge in [-0.15, -0.1) is 0 Å². The number of hydrogen-bond donors (Lipinski definition) is 4. The maximum atomic E-state index is 12.9. The Labute approximate surface area is 164 Å². The number of nitrogen functional groups attached to an aromatic ring is 1. The third-order valence-electron chi connectivity index (χ3n) is 4.57. The van der Waals surface area contributed by atoms with Gasteiger partial charge in [0.05, 0.1) is 5.92 Å². The van der Waals surface area contributed by atoms with Gasteiger partial charge in [-0.05, 0) is 30.0 Å². The van der Waals surface area contributed by atoms with E-state index in [9.17, 15) is 14.7 Å². The van der Waals surface area contributed by atoms with Gasteiger partial charge in [0.15, 0.2) is 0 Å². The van der Waals surface area contributed by atoms with Gasteiger partial charge in [-0.2, -0.15) is 0 Å². The van der Waals surface area contributed by atoms with Crippen LogP contribution in [0.4, 0.5) is 0 Å². The molecule has 0 radical (unpaired) electrons. The number of unbranched alkanes of at least 4 members (excludes halogenated alkanes) is 1. The lowest BCUT2D eigenvalue weighted by Crippen LogP contribution is -2.43. The lowest BCUT2D eigenvalue weighted by molar-refractivity contribution is -0.142. The molecule has 28 heavy (non-hydrogen) atoms. The number of amides is 1. The number of hydrogen-bond acceptors (Lipinski definition) is 4. The van der Waals surface area contributed by atoms with Crippen LogP contribution in [-0.4, -0.2) is 33.8 Å². The fraction of sp³-hybridized carbons (Fsp3) is 0.333. The normalized spacial score (nSPS) is 12.8. The molecule has 0 saturated heterocycles. The van der Waals surface area contributed by atoms with Crippen LogP contribution < -0.4 is 11.1 Å². The summed E-state index contributed by atoms with van der Waals surface area (Å²) in [6.07, 6.45) is 5.60. The highest BCUT2D eigenvalue weighted by Gasteiger charge is 2.26. The van der Waals surface area contributed by atoms with Gasteiger partial charge in [0.2, 0.25) is 5.91 Å². The van der Waals surface area contributed by atoms with Crippen LogP contribution in [0.2, 0.25) is 0 Å². The van der Waals surface area contributed by atoms with Crippen LogP contribution in [0.5, 0.6) is 0 Å². The molecule has 0 bridgehead atoms. The van der Waals surface area contributed by atoms with E-state index in [0.717, 1.165) is 24.0 Å². The molecule has 0 aliphatic heterocycles. The average Bonchev–Trinajstić information content (AvgIpc) is 2.69. The third kappa shape index (κ3) is 5.90. The lowest BCUT2D eigenvalue weighted by Gasteiger charge is -2.21. The number of nitrogens with zero attached hydrogens (tertiary/aromatic N) is 1. The summed E-state index contributed by atoms with van der Waals surface area (Å²) in [5.74, 6) is -1.96. The van der Waals surface area contributed by atoms with Crippen LogP contribution in [0.25, 0.3) is 0 Å². The molecule has 0 unspecified atom stereocenters. The Morgan fingerprint density at radius 2 is 1.96 bits per heavy atom. The second-order valence-corrected chi connectivity index (χ2v) is 6.70. The fourth-order valence-corrected chi connectivity index (χ4v) is 2.94. The molecule has 2 atom stereocenters. The first-order chi connectivity index (χ1) is 13.4. The zero-order valence-electron chi connectivity index (χ0n) is 15.9. The summed E-state index contributed by atoms with van der Waals surface area (Å²) >= 11 is 0. The first-order valence-corrected chi connectivity index (χ1v) is 9.28. The van der Waals surface area contributed by atoms with Gasteiger partial charge in [-0.1, -0.05) is 50.1 Å². The highest BCUT2D eigenvalue weighted by molar-refractivity contribution is 5.95. The van der Waals surface area contributed by atoms with E-state index in [2.05, 4.69) is 10.3 Å². The number of nitrogens with one attached hydrogen (secondary N) is 2. The van der Waals surface area contributed by atoms with Gasteiger partial charge >= 0.3 is 5.97 Å². The van der Waals surface area contributed by atoms with E-state index in [-0.39, 0.29) is 11.7 Å². The summed E-state index contributed by atoms with van der Waals surface area (Å²) in [5.41, 5.74) is 7.69. The van der Waals surface area contributed by atoms with Crippen LogP contribution >= 0.6 is 0 Å². The summed E-state index contributed by atoms with van der Waals surface area (Å²) in [4.78, 5) is 28.5. The second kappa shape index (κ2) is 10.2. The van der Waals surface area contributed by atoms with Crippen molar-refractivity contribution in [1.29, 1.82) is 5.41 Å². The number of pyridine rings is 1. The van der Waals surface area contributed by atoms with Gasteiger partial charge in [-0.3, -0.25) is 15.2 Å². The van der Waals surface area contributed by atoms with Gasteiger partial charge in [-0.25, -0.2) is 4.79 Å². The summed E-state index contributed by atoms with van der Waals surface area (Å²) in [7, 11) is 0. The number of carboxylic acid groups (broad SMARTS) is 1. The number of rotatable bonds is 10. The smallest absolute Gasteiger partial charge is 0.326 e. The minimum absolute atomic E-state index is 0.0201. The molecular weight excluding hydrogens is 356 g/mol. The van der Waals surface area contributed by atoms with E-state index >= 15 is 0 Å². The largest absolute Gasteiger partial charge is 0.480 e. The average molecular weight is 382 g/mol. The topological polar surface area (TPSA) is 129 Å². The van der Waals surface area contributed by atoms with Crippen molar-refractivity contribution in [3.05, 3.63) is 65.5 Å². The van der Waals surface area contributed by atoms with Crippen LogP contribution in [0.15, 0.2) is 48.8 Å². The Hall–Kier alpha value is -3.22. The molecule has 0 aliphatic carbocycles. The molecule has 2 aromatic rings. The molecule has 0 fully saturated rings. The molecule has 0 spiro atoms. The van der Waals surface area contributed by atoms with Crippen LogP contribution in [0, 0.1) is 5.41 Å². The monoisotopic (exact) mass is 382 g/mol. The molecule has 7 heteroatoms. The van der Waals surface area contributed by atoms with Crippen molar-refractivity contribution in [3.63, 3.8) is 0 Å². The summed E-state index contributed by atoms with van der Waals surface area (Å²) in [5, 5.41) is 19.6. The molecule has 2 rings (SSSR count). The van der Waals surface area contributed by atoms with Gasteiger partial charge in [0, 0.05) is 18.0 Å². The Morgan fingerprint density at radius 1 is 1.25 bits per heavy atom. The minimum Gasteiger partial charge on any atom is -0.480 e. The molecule has 5 N–H and O–H groups in total. The molecule has 1 heterocycles. The zero-order valence-corrected chi connectivity index (χ0v) is 15.9. The predicted molar refractivity (Wildman–Crippen MR) is 107 cm³/mol. The molecule has 148 valence electrons. The molecule has 1 amide bonds. The molecule has 0 saturated carbocycles. The van der Waals surface area contributed by atoms with Crippen molar-refractivity contribution >= 4 is 17.7 Å². The number of nitrogens with two attached hydrogens (primary N) is 1. The van der Waals surface area contributed by atoms with Crippen LogP contribution in [0.3, 0.4) is 0 Å². The number of carbonyl (C=O) groups is 2. The van der Waals surface area contributed by atoms with Crippen molar-refractivity contribution in [2.24, 2.45) is 5.73 Å². The SMILES string of the molecule is CCCC[C@H](NC(=O)[C@H](Cc1ccc(C(=N)N)cc1)c1cccnc1)C(=O)O. The second-order valence-electron chi connectivity index (χ2n) is 6.70. The number of aliphatic carboxylic acids is 1. The number of carbonyl (C=O) groups excluding carboxylic acids is 1.